The molecule has 1 aromatic carbocycles. The van der Waals surface area contributed by atoms with Gasteiger partial charge in [-0.2, -0.15) is 0 Å². The molecule has 0 aromatic heterocycles. The van der Waals surface area contributed by atoms with Crippen LogP contribution < -0.4 is 5.73 Å². The summed E-state index contributed by atoms with van der Waals surface area (Å²) in [6, 6.07) is 7.23. The van der Waals surface area contributed by atoms with Crippen molar-refractivity contribution in [3.63, 3.8) is 0 Å². The molecule has 0 bridgehead atoms. The summed E-state index contributed by atoms with van der Waals surface area (Å²) in [6.07, 6.45) is 3.17. The van der Waals surface area contributed by atoms with Crippen LogP contribution in [-0.4, -0.2) is 6.04 Å². The first kappa shape index (κ1) is 11.5. The lowest BCUT2D eigenvalue weighted by Gasteiger charge is -2.32. The van der Waals surface area contributed by atoms with E-state index in [1.54, 1.807) is 12.1 Å². The molecule has 1 fully saturated rings. The summed E-state index contributed by atoms with van der Waals surface area (Å²) in [4.78, 5) is 0. The lowest BCUT2D eigenvalue weighted by molar-refractivity contribution is 0.264. The average molecular weight is 216 g/mol. The molecular weight excluding hydrogens is 201 g/mol. The fourth-order valence-electron chi connectivity index (χ4n) is 1.95. The Hall–Kier alpha value is -0.600. The van der Waals surface area contributed by atoms with Gasteiger partial charge < -0.3 is 5.73 Å². The lowest BCUT2D eigenvalue weighted by atomic mass is 9.77. The third-order valence-electron chi connectivity index (χ3n) is 2.69. The molecule has 3 heteroatoms. The van der Waals surface area contributed by atoms with Gasteiger partial charge in [-0.1, -0.05) is 12.1 Å². The summed E-state index contributed by atoms with van der Waals surface area (Å²) in [6.45, 7) is 0. The molecular formula is C11H15ClFN. The van der Waals surface area contributed by atoms with Crippen LogP contribution in [0.15, 0.2) is 24.3 Å². The largest absolute Gasteiger partial charge is 0.328 e. The first-order chi connectivity index (χ1) is 6.24. The minimum absolute atomic E-state index is 0. The summed E-state index contributed by atoms with van der Waals surface area (Å²) < 4.78 is 12.8. The maximum absolute atomic E-state index is 12.8. The van der Waals surface area contributed by atoms with Crippen LogP contribution in [0, 0.1) is 11.7 Å². The van der Waals surface area contributed by atoms with Gasteiger partial charge in [0.2, 0.25) is 0 Å². The number of halogens is 2. The molecule has 0 amide bonds. The smallest absolute Gasteiger partial charge is 0.123 e. The highest BCUT2D eigenvalue weighted by Crippen LogP contribution is 2.28. The molecule has 0 spiro atoms. The second-order valence-electron chi connectivity index (χ2n) is 3.93. The Morgan fingerprint density at radius 2 is 2.07 bits per heavy atom. The number of benzene rings is 1. The summed E-state index contributed by atoms with van der Waals surface area (Å²) in [5, 5.41) is 0. The predicted molar refractivity (Wildman–Crippen MR) is 58.1 cm³/mol. The van der Waals surface area contributed by atoms with Crippen molar-refractivity contribution in [1.82, 2.24) is 0 Å². The van der Waals surface area contributed by atoms with Gasteiger partial charge in [0.1, 0.15) is 5.82 Å². The van der Waals surface area contributed by atoms with Gasteiger partial charge in [-0.25, -0.2) is 4.39 Å². The molecule has 0 unspecified atom stereocenters. The van der Waals surface area contributed by atoms with E-state index in [0.717, 1.165) is 24.8 Å². The van der Waals surface area contributed by atoms with E-state index < -0.39 is 0 Å². The summed E-state index contributed by atoms with van der Waals surface area (Å²) >= 11 is 0. The van der Waals surface area contributed by atoms with Crippen molar-refractivity contribution in [2.75, 3.05) is 0 Å². The molecule has 1 aliphatic rings. The maximum atomic E-state index is 12.8. The summed E-state index contributed by atoms with van der Waals surface area (Å²) in [5.74, 6) is 0.540. The van der Waals surface area contributed by atoms with Crippen LogP contribution in [0.2, 0.25) is 0 Å². The number of rotatable bonds is 2. The highest BCUT2D eigenvalue weighted by atomic mass is 35.5. The first-order valence-electron chi connectivity index (χ1n) is 4.74. The standard InChI is InChI=1S/C11H14FN.ClH/c12-10-3-1-2-8(5-10)4-9-6-11(13)7-9;/h1-3,5,9,11H,4,6-7,13H2;1H. The molecule has 0 saturated heterocycles. The molecule has 14 heavy (non-hydrogen) atoms. The summed E-state index contributed by atoms with van der Waals surface area (Å²) in [5.41, 5.74) is 6.77. The topological polar surface area (TPSA) is 26.0 Å². The highest BCUT2D eigenvalue weighted by Gasteiger charge is 2.25. The van der Waals surface area contributed by atoms with Crippen molar-refractivity contribution in [2.24, 2.45) is 11.7 Å². The van der Waals surface area contributed by atoms with Crippen LogP contribution in [-0.2, 0) is 6.42 Å². The SMILES string of the molecule is Cl.NC1CC(Cc2cccc(F)c2)C1. The van der Waals surface area contributed by atoms with Crippen LogP contribution in [0.3, 0.4) is 0 Å². The predicted octanol–water partition coefficient (Wildman–Crippen LogP) is 2.53. The fourth-order valence-corrected chi connectivity index (χ4v) is 1.95. The lowest BCUT2D eigenvalue weighted by Crippen LogP contribution is -2.37. The van der Waals surface area contributed by atoms with E-state index in [1.165, 1.54) is 6.07 Å². The third kappa shape index (κ3) is 2.69. The average Bonchev–Trinajstić information content (AvgIpc) is 2.01. The normalized spacial score (nSPS) is 25.0. The van der Waals surface area contributed by atoms with Crippen molar-refractivity contribution < 1.29 is 4.39 Å². The molecule has 0 atom stereocenters. The van der Waals surface area contributed by atoms with Crippen molar-refractivity contribution in [1.29, 1.82) is 0 Å². The molecule has 78 valence electrons. The van der Waals surface area contributed by atoms with Gasteiger partial charge in [0, 0.05) is 6.04 Å². The molecule has 1 nitrogen and oxygen atoms in total. The van der Waals surface area contributed by atoms with E-state index in [4.69, 9.17) is 5.73 Å². The monoisotopic (exact) mass is 215 g/mol. The van der Waals surface area contributed by atoms with Crippen molar-refractivity contribution >= 4 is 12.4 Å². The molecule has 1 aromatic rings. The van der Waals surface area contributed by atoms with E-state index in [-0.39, 0.29) is 18.2 Å². The Balaban J connectivity index is 0.000000980. The Bertz CT molecular complexity index is 297. The third-order valence-corrected chi connectivity index (χ3v) is 2.69. The van der Waals surface area contributed by atoms with Crippen LogP contribution in [0.25, 0.3) is 0 Å². The highest BCUT2D eigenvalue weighted by molar-refractivity contribution is 5.85. The van der Waals surface area contributed by atoms with Crippen LogP contribution in [0.5, 0.6) is 0 Å². The molecule has 0 aliphatic heterocycles. The van der Waals surface area contributed by atoms with Gasteiger partial charge in [-0.15, -0.1) is 12.4 Å². The summed E-state index contributed by atoms with van der Waals surface area (Å²) in [7, 11) is 0. The van der Waals surface area contributed by atoms with Crippen molar-refractivity contribution in [2.45, 2.75) is 25.3 Å². The van der Waals surface area contributed by atoms with Gasteiger partial charge >= 0.3 is 0 Å². The molecule has 1 saturated carbocycles. The van der Waals surface area contributed by atoms with E-state index in [9.17, 15) is 4.39 Å². The van der Waals surface area contributed by atoms with E-state index in [1.807, 2.05) is 6.07 Å². The van der Waals surface area contributed by atoms with Gasteiger partial charge in [0.05, 0.1) is 0 Å². The van der Waals surface area contributed by atoms with Gasteiger partial charge in [0.25, 0.3) is 0 Å². The van der Waals surface area contributed by atoms with Crippen molar-refractivity contribution in [3.05, 3.63) is 35.6 Å². The molecule has 0 radical (unpaired) electrons. The number of hydrogen-bond donors (Lipinski definition) is 1. The van der Waals surface area contributed by atoms with Crippen LogP contribution in [0.1, 0.15) is 18.4 Å². The van der Waals surface area contributed by atoms with E-state index in [2.05, 4.69) is 0 Å². The molecule has 1 aliphatic carbocycles. The van der Waals surface area contributed by atoms with Crippen molar-refractivity contribution in [3.8, 4) is 0 Å². The zero-order chi connectivity index (χ0) is 9.26. The Kier molecular flexibility index (Phi) is 3.90. The second-order valence-corrected chi connectivity index (χ2v) is 3.93. The maximum Gasteiger partial charge on any atom is 0.123 e. The molecule has 2 N–H and O–H groups in total. The molecule has 0 heterocycles. The Morgan fingerprint density at radius 1 is 1.36 bits per heavy atom. The first-order valence-corrected chi connectivity index (χ1v) is 4.74. The minimum atomic E-state index is -0.138. The van der Waals surface area contributed by atoms with E-state index in [0.29, 0.717) is 12.0 Å². The number of hydrogen-bond acceptors (Lipinski definition) is 1. The van der Waals surface area contributed by atoms with Gasteiger partial charge in [-0.3, -0.25) is 0 Å². The van der Waals surface area contributed by atoms with Crippen LogP contribution in [0.4, 0.5) is 4.39 Å². The molecule has 2 rings (SSSR count). The quantitative estimate of drug-likeness (QED) is 0.806. The minimum Gasteiger partial charge on any atom is -0.328 e. The Morgan fingerprint density at radius 3 is 2.64 bits per heavy atom. The fraction of sp³-hybridized carbons (Fsp3) is 0.455. The Labute approximate surface area is 89.9 Å². The zero-order valence-electron chi connectivity index (χ0n) is 7.95. The second kappa shape index (κ2) is 4.76. The zero-order valence-corrected chi connectivity index (χ0v) is 8.77. The van der Waals surface area contributed by atoms with Gasteiger partial charge in [-0.05, 0) is 42.9 Å². The number of nitrogens with two attached hydrogens (primary N) is 1. The van der Waals surface area contributed by atoms with Gasteiger partial charge in [0.15, 0.2) is 0 Å². The van der Waals surface area contributed by atoms with E-state index >= 15 is 0 Å². The van der Waals surface area contributed by atoms with Crippen LogP contribution >= 0.6 is 12.4 Å².